The molecule has 1 aromatic carbocycles. The molecule has 0 saturated heterocycles. The fraction of sp³-hybridized carbons (Fsp3) is 0.308. The van der Waals surface area contributed by atoms with Gasteiger partial charge in [0.2, 0.25) is 0 Å². The van der Waals surface area contributed by atoms with E-state index in [-0.39, 0.29) is 12.5 Å². The Balaban J connectivity index is 2.60. The van der Waals surface area contributed by atoms with Crippen molar-refractivity contribution in [3.8, 4) is 5.75 Å². The summed E-state index contributed by atoms with van der Waals surface area (Å²) in [5.74, 6) is 0.587. The molecule has 0 fully saturated rings. The number of aryl methyl sites for hydroxylation is 2. The van der Waals surface area contributed by atoms with Crippen molar-refractivity contribution in [2.45, 2.75) is 13.8 Å². The lowest BCUT2D eigenvalue weighted by atomic mass is 10.1. The molecule has 0 aliphatic heterocycles. The van der Waals surface area contributed by atoms with Crippen molar-refractivity contribution in [3.05, 3.63) is 40.4 Å². The summed E-state index contributed by atoms with van der Waals surface area (Å²) in [4.78, 5) is 11.3. The van der Waals surface area contributed by atoms with E-state index in [0.29, 0.717) is 6.54 Å². The summed E-state index contributed by atoms with van der Waals surface area (Å²) in [7, 11) is 0. The highest BCUT2D eigenvalue weighted by molar-refractivity contribution is 9.10. The molecule has 4 heteroatoms. The number of hydrogen-bond acceptors (Lipinski definition) is 2. The summed E-state index contributed by atoms with van der Waals surface area (Å²) in [5.41, 5.74) is 2.08. The van der Waals surface area contributed by atoms with Gasteiger partial charge in [0.1, 0.15) is 5.75 Å². The predicted molar refractivity (Wildman–Crippen MR) is 72.3 cm³/mol. The highest BCUT2D eigenvalue weighted by atomic mass is 79.9. The molecule has 0 heterocycles. The Morgan fingerprint density at radius 3 is 2.82 bits per heavy atom. The van der Waals surface area contributed by atoms with Crippen LogP contribution in [0.3, 0.4) is 0 Å². The summed E-state index contributed by atoms with van der Waals surface area (Å²) in [6, 6.07) is 3.90. The SMILES string of the molecule is C=CCNC(=O)COc1cc(C)c(Br)cc1C. The average molecular weight is 298 g/mol. The molecule has 0 saturated carbocycles. The molecule has 0 radical (unpaired) electrons. The van der Waals surface area contributed by atoms with E-state index in [1.165, 1.54) is 0 Å². The minimum atomic E-state index is -0.148. The van der Waals surface area contributed by atoms with Gasteiger partial charge in [-0.3, -0.25) is 4.79 Å². The largest absolute Gasteiger partial charge is 0.483 e. The summed E-state index contributed by atoms with van der Waals surface area (Å²) in [6.07, 6.45) is 1.63. The molecule has 1 amide bonds. The number of rotatable bonds is 5. The topological polar surface area (TPSA) is 38.3 Å². The van der Waals surface area contributed by atoms with E-state index in [4.69, 9.17) is 4.74 Å². The number of carbonyl (C=O) groups excluding carboxylic acids is 1. The first-order chi connectivity index (χ1) is 8.04. The Kier molecular flexibility index (Phi) is 5.22. The molecule has 92 valence electrons. The Morgan fingerprint density at radius 1 is 1.47 bits per heavy atom. The third-order valence-corrected chi connectivity index (χ3v) is 3.11. The second kappa shape index (κ2) is 6.45. The smallest absolute Gasteiger partial charge is 0.258 e. The lowest BCUT2D eigenvalue weighted by molar-refractivity contribution is -0.122. The maximum absolute atomic E-state index is 11.3. The van der Waals surface area contributed by atoms with Crippen LogP contribution in [0.2, 0.25) is 0 Å². The minimum absolute atomic E-state index is 0.0236. The number of benzene rings is 1. The standard InChI is InChI=1S/C13H16BrNO2/c1-4-5-15-13(16)8-17-12-7-9(2)11(14)6-10(12)3/h4,6-7H,1,5,8H2,2-3H3,(H,15,16). The average Bonchev–Trinajstić information content (AvgIpc) is 2.29. The summed E-state index contributed by atoms with van der Waals surface area (Å²) in [5, 5.41) is 2.66. The lowest BCUT2D eigenvalue weighted by Crippen LogP contribution is -2.28. The third kappa shape index (κ3) is 4.23. The molecular weight excluding hydrogens is 282 g/mol. The highest BCUT2D eigenvalue weighted by Crippen LogP contribution is 2.26. The van der Waals surface area contributed by atoms with Gasteiger partial charge in [0.05, 0.1) is 0 Å². The molecule has 0 atom stereocenters. The van der Waals surface area contributed by atoms with Gasteiger partial charge in [0.25, 0.3) is 5.91 Å². The molecule has 0 aromatic heterocycles. The van der Waals surface area contributed by atoms with Crippen molar-refractivity contribution in [2.75, 3.05) is 13.2 Å². The number of ether oxygens (including phenoxy) is 1. The quantitative estimate of drug-likeness (QED) is 0.849. The molecular formula is C13H16BrNO2. The van der Waals surface area contributed by atoms with Crippen molar-refractivity contribution in [3.63, 3.8) is 0 Å². The van der Waals surface area contributed by atoms with Crippen LogP contribution in [0.1, 0.15) is 11.1 Å². The van der Waals surface area contributed by atoms with Gasteiger partial charge in [-0.05, 0) is 37.1 Å². The second-order valence-electron chi connectivity index (χ2n) is 3.75. The molecule has 0 spiro atoms. The van der Waals surface area contributed by atoms with Gasteiger partial charge in [-0.15, -0.1) is 6.58 Å². The van der Waals surface area contributed by atoms with E-state index in [1.807, 2.05) is 26.0 Å². The van der Waals surface area contributed by atoms with Crippen LogP contribution in [0.5, 0.6) is 5.75 Å². The van der Waals surface area contributed by atoms with Crippen LogP contribution in [0.15, 0.2) is 29.3 Å². The highest BCUT2D eigenvalue weighted by Gasteiger charge is 2.06. The number of halogens is 1. The fourth-order valence-electron chi connectivity index (χ4n) is 1.29. The van der Waals surface area contributed by atoms with E-state index in [0.717, 1.165) is 21.3 Å². The Hall–Kier alpha value is -1.29. The van der Waals surface area contributed by atoms with Crippen LogP contribution in [0.25, 0.3) is 0 Å². The summed E-state index contributed by atoms with van der Waals surface area (Å²) >= 11 is 3.45. The van der Waals surface area contributed by atoms with Gasteiger partial charge in [0.15, 0.2) is 6.61 Å². The van der Waals surface area contributed by atoms with Crippen molar-refractivity contribution in [2.24, 2.45) is 0 Å². The predicted octanol–water partition coefficient (Wildman–Crippen LogP) is 2.75. The molecule has 3 nitrogen and oxygen atoms in total. The molecule has 0 bridgehead atoms. The van der Waals surface area contributed by atoms with Crippen LogP contribution >= 0.6 is 15.9 Å². The lowest BCUT2D eigenvalue weighted by Gasteiger charge is -2.10. The fourth-order valence-corrected chi connectivity index (χ4v) is 1.75. The van der Waals surface area contributed by atoms with E-state index in [9.17, 15) is 4.79 Å². The zero-order chi connectivity index (χ0) is 12.8. The van der Waals surface area contributed by atoms with Crippen molar-refractivity contribution < 1.29 is 9.53 Å². The van der Waals surface area contributed by atoms with Gasteiger partial charge in [0, 0.05) is 11.0 Å². The van der Waals surface area contributed by atoms with Crippen LogP contribution in [0.4, 0.5) is 0 Å². The van der Waals surface area contributed by atoms with Crippen LogP contribution in [-0.4, -0.2) is 19.1 Å². The van der Waals surface area contributed by atoms with E-state index in [2.05, 4.69) is 27.8 Å². The van der Waals surface area contributed by atoms with Crippen LogP contribution in [0, 0.1) is 13.8 Å². The normalized spacial score (nSPS) is 9.82. The van der Waals surface area contributed by atoms with Crippen molar-refractivity contribution >= 4 is 21.8 Å². The third-order valence-electron chi connectivity index (χ3n) is 2.26. The Morgan fingerprint density at radius 2 is 2.18 bits per heavy atom. The van der Waals surface area contributed by atoms with Gasteiger partial charge in [-0.25, -0.2) is 0 Å². The summed E-state index contributed by atoms with van der Waals surface area (Å²) < 4.78 is 6.50. The number of nitrogens with one attached hydrogen (secondary N) is 1. The number of hydrogen-bond donors (Lipinski definition) is 1. The molecule has 0 unspecified atom stereocenters. The van der Waals surface area contributed by atoms with Crippen LogP contribution < -0.4 is 10.1 Å². The van der Waals surface area contributed by atoms with Crippen molar-refractivity contribution in [1.29, 1.82) is 0 Å². The Bertz CT molecular complexity index is 430. The van der Waals surface area contributed by atoms with Gasteiger partial charge >= 0.3 is 0 Å². The van der Waals surface area contributed by atoms with Gasteiger partial charge < -0.3 is 10.1 Å². The molecule has 0 aliphatic carbocycles. The van der Waals surface area contributed by atoms with Crippen LogP contribution in [-0.2, 0) is 4.79 Å². The molecule has 1 aromatic rings. The minimum Gasteiger partial charge on any atom is -0.483 e. The second-order valence-corrected chi connectivity index (χ2v) is 4.60. The number of amides is 1. The van der Waals surface area contributed by atoms with E-state index in [1.54, 1.807) is 6.08 Å². The summed E-state index contributed by atoms with van der Waals surface area (Å²) in [6.45, 7) is 7.93. The van der Waals surface area contributed by atoms with Crippen molar-refractivity contribution in [1.82, 2.24) is 5.32 Å². The molecule has 0 aliphatic rings. The maximum atomic E-state index is 11.3. The monoisotopic (exact) mass is 297 g/mol. The van der Waals surface area contributed by atoms with E-state index >= 15 is 0 Å². The first-order valence-corrected chi connectivity index (χ1v) is 6.11. The first kappa shape index (κ1) is 13.8. The zero-order valence-electron chi connectivity index (χ0n) is 10.0. The van der Waals surface area contributed by atoms with E-state index < -0.39 is 0 Å². The first-order valence-electron chi connectivity index (χ1n) is 5.31. The zero-order valence-corrected chi connectivity index (χ0v) is 11.6. The van der Waals surface area contributed by atoms with Gasteiger partial charge in [-0.2, -0.15) is 0 Å². The Labute approximate surface area is 110 Å². The number of carbonyl (C=O) groups is 1. The maximum Gasteiger partial charge on any atom is 0.258 e. The molecule has 17 heavy (non-hydrogen) atoms. The molecule has 1 N–H and O–H groups in total. The molecule has 1 rings (SSSR count). The van der Waals surface area contributed by atoms with Gasteiger partial charge in [-0.1, -0.05) is 22.0 Å².